The van der Waals surface area contributed by atoms with E-state index in [9.17, 15) is 0 Å². The maximum absolute atomic E-state index is 8.49. The van der Waals surface area contributed by atoms with Gasteiger partial charge in [0.2, 0.25) is 0 Å². The van der Waals surface area contributed by atoms with Crippen molar-refractivity contribution in [1.82, 2.24) is 19.5 Å². The predicted molar refractivity (Wildman–Crippen MR) is 102 cm³/mol. The monoisotopic (exact) mass is 350 g/mol. The molecule has 1 aliphatic heterocycles. The van der Waals surface area contributed by atoms with Gasteiger partial charge in [0.25, 0.3) is 0 Å². The van der Waals surface area contributed by atoms with Crippen molar-refractivity contribution in [2.75, 3.05) is 23.7 Å². The average molecular weight is 350 g/mol. The zero-order chi connectivity index (χ0) is 18.3. The van der Waals surface area contributed by atoms with Gasteiger partial charge in [0, 0.05) is 18.6 Å². The van der Waals surface area contributed by atoms with Crippen LogP contribution in [0.3, 0.4) is 0 Å². The maximum atomic E-state index is 8.49. The summed E-state index contributed by atoms with van der Waals surface area (Å²) in [6.07, 6.45) is 5.08. The number of piperidine rings is 1. The standard InChI is InChI=1S/C18H22N8/c1-18(21)6-8-25(9-7-18)14-10-22-15(16(19)24-14)17(20)26-11-23-12-4-2-3-5-13(12)26/h2-5,10-11,20H,6-9,21H2,1H3,(H2,19,24). The summed E-state index contributed by atoms with van der Waals surface area (Å²) < 4.78 is 1.66. The molecule has 8 nitrogen and oxygen atoms in total. The van der Waals surface area contributed by atoms with Crippen molar-refractivity contribution in [2.45, 2.75) is 25.3 Å². The molecular weight excluding hydrogens is 328 g/mol. The van der Waals surface area contributed by atoms with Crippen LogP contribution in [-0.2, 0) is 0 Å². The number of fused-ring (bicyclic) bond motifs is 1. The minimum atomic E-state index is -0.125. The van der Waals surface area contributed by atoms with Gasteiger partial charge in [-0.2, -0.15) is 0 Å². The van der Waals surface area contributed by atoms with Crippen molar-refractivity contribution in [3.63, 3.8) is 0 Å². The highest BCUT2D eigenvalue weighted by molar-refractivity contribution is 6.04. The highest BCUT2D eigenvalue weighted by atomic mass is 15.2. The smallest absolute Gasteiger partial charge is 0.160 e. The Balaban J connectivity index is 1.61. The van der Waals surface area contributed by atoms with E-state index in [4.69, 9.17) is 16.9 Å². The molecule has 3 heterocycles. The molecule has 0 atom stereocenters. The van der Waals surface area contributed by atoms with Crippen molar-refractivity contribution in [3.8, 4) is 0 Å². The first kappa shape index (κ1) is 16.5. The Labute approximate surface area is 151 Å². The molecule has 4 rings (SSSR count). The summed E-state index contributed by atoms with van der Waals surface area (Å²) in [6.45, 7) is 3.72. The van der Waals surface area contributed by atoms with Crippen molar-refractivity contribution < 1.29 is 0 Å². The normalized spacial score (nSPS) is 16.8. The van der Waals surface area contributed by atoms with Gasteiger partial charge in [-0.25, -0.2) is 15.0 Å². The van der Waals surface area contributed by atoms with Gasteiger partial charge in [0.15, 0.2) is 11.7 Å². The summed E-state index contributed by atoms with van der Waals surface area (Å²) in [6, 6.07) is 7.63. The lowest BCUT2D eigenvalue weighted by Gasteiger charge is -2.37. The van der Waals surface area contributed by atoms with Gasteiger partial charge in [-0.05, 0) is 31.9 Å². The Bertz CT molecular complexity index is 964. The molecule has 26 heavy (non-hydrogen) atoms. The van der Waals surface area contributed by atoms with E-state index >= 15 is 0 Å². The Kier molecular flexibility index (Phi) is 3.84. The molecule has 0 unspecified atom stereocenters. The summed E-state index contributed by atoms with van der Waals surface area (Å²) in [5.74, 6) is 1.12. The molecule has 0 bridgehead atoms. The van der Waals surface area contributed by atoms with Crippen molar-refractivity contribution in [2.24, 2.45) is 5.73 Å². The highest BCUT2D eigenvalue weighted by Gasteiger charge is 2.27. The molecule has 2 aromatic heterocycles. The molecule has 0 radical (unpaired) electrons. The second-order valence-electron chi connectivity index (χ2n) is 7.06. The van der Waals surface area contributed by atoms with E-state index in [0.717, 1.165) is 42.8 Å². The van der Waals surface area contributed by atoms with Gasteiger partial charge in [-0.15, -0.1) is 0 Å². The van der Waals surface area contributed by atoms with Crippen LogP contribution in [0.15, 0.2) is 36.8 Å². The Morgan fingerprint density at radius 1 is 1.19 bits per heavy atom. The van der Waals surface area contributed by atoms with Gasteiger partial charge in [0.05, 0.1) is 17.2 Å². The number of imidazole rings is 1. The molecule has 0 aliphatic carbocycles. The molecule has 0 saturated carbocycles. The molecule has 8 heteroatoms. The van der Waals surface area contributed by atoms with Gasteiger partial charge in [0.1, 0.15) is 17.8 Å². The molecule has 5 N–H and O–H groups in total. The molecule has 3 aromatic rings. The van der Waals surface area contributed by atoms with Crippen LogP contribution in [0, 0.1) is 5.41 Å². The minimum absolute atomic E-state index is 0.125. The third-order valence-corrected chi connectivity index (χ3v) is 4.94. The molecule has 1 saturated heterocycles. The first-order chi connectivity index (χ1) is 12.4. The number of anilines is 2. The lowest BCUT2D eigenvalue weighted by Crippen LogP contribution is -2.48. The molecule has 0 amide bonds. The quantitative estimate of drug-likeness (QED) is 0.476. The number of para-hydroxylation sites is 2. The fourth-order valence-corrected chi connectivity index (χ4v) is 3.23. The highest BCUT2D eigenvalue weighted by Crippen LogP contribution is 2.24. The van der Waals surface area contributed by atoms with Gasteiger partial charge in [-0.1, -0.05) is 12.1 Å². The fraction of sp³-hybridized carbons (Fsp3) is 0.333. The summed E-state index contributed by atoms with van der Waals surface area (Å²) in [5, 5.41) is 8.49. The third kappa shape index (κ3) is 2.88. The number of hydrogen-bond acceptors (Lipinski definition) is 7. The summed E-state index contributed by atoms with van der Waals surface area (Å²) in [7, 11) is 0. The van der Waals surface area contributed by atoms with Gasteiger partial charge < -0.3 is 16.4 Å². The zero-order valence-electron chi connectivity index (χ0n) is 14.7. The van der Waals surface area contributed by atoms with E-state index in [2.05, 4.69) is 26.8 Å². The SMILES string of the molecule is CC1(N)CCN(c2cnc(C(=N)n3cnc4ccccc43)c(N)n2)CC1. The molecular formula is C18H22N8. The van der Waals surface area contributed by atoms with Gasteiger partial charge in [-0.3, -0.25) is 9.98 Å². The number of nitrogen functional groups attached to an aromatic ring is 1. The Morgan fingerprint density at radius 2 is 1.92 bits per heavy atom. The number of aromatic nitrogens is 4. The van der Waals surface area contributed by atoms with Crippen LogP contribution >= 0.6 is 0 Å². The lowest BCUT2D eigenvalue weighted by atomic mass is 9.91. The predicted octanol–water partition coefficient (Wildman–Crippen LogP) is 1.60. The van der Waals surface area contributed by atoms with E-state index < -0.39 is 0 Å². The molecule has 134 valence electrons. The second-order valence-corrected chi connectivity index (χ2v) is 7.06. The van der Waals surface area contributed by atoms with E-state index in [1.54, 1.807) is 17.1 Å². The van der Waals surface area contributed by atoms with E-state index in [-0.39, 0.29) is 17.2 Å². The summed E-state index contributed by atoms with van der Waals surface area (Å²) >= 11 is 0. The summed E-state index contributed by atoms with van der Waals surface area (Å²) in [4.78, 5) is 15.3. The van der Waals surface area contributed by atoms with Crippen LogP contribution in [0.25, 0.3) is 11.0 Å². The van der Waals surface area contributed by atoms with E-state index in [0.29, 0.717) is 5.69 Å². The van der Waals surface area contributed by atoms with Crippen molar-refractivity contribution >= 4 is 28.5 Å². The largest absolute Gasteiger partial charge is 0.382 e. The van der Waals surface area contributed by atoms with E-state index in [1.165, 1.54) is 0 Å². The van der Waals surface area contributed by atoms with Crippen LogP contribution in [0.1, 0.15) is 25.5 Å². The van der Waals surface area contributed by atoms with Crippen molar-refractivity contribution in [1.29, 1.82) is 5.41 Å². The number of nitrogens with one attached hydrogen (secondary N) is 1. The maximum Gasteiger partial charge on any atom is 0.160 e. The molecule has 0 spiro atoms. The lowest BCUT2D eigenvalue weighted by molar-refractivity contribution is 0.363. The average Bonchev–Trinajstić information content (AvgIpc) is 3.05. The second kappa shape index (κ2) is 6.06. The molecule has 1 fully saturated rings. The van der Waals surface area contributed by atoms with Crippen LogP contribution in [-0.4, -0.2) is 44.0 Å². The van der Waals surface area contributed by atoms with Crippen LogP contribution in [0.4, 0.5) is 11.6 Å². The number of hydrogen-bond donors (Lipinski definition) is 3. The van der Waals surface area contributed by atoms with E-state index in [1.807, 2.05) is 24.3 Å². The Hall–Kier alpha value is -3.00. The van der Waals surface area contributed by atoms with Gasteiger partial charge >= 0.3 is 0 Å². The molecule has 1 aliphatic rings. The first-order valence-electron chi connectivity index (χ1n) is 8.62. The number of nitrogens with zero attached hydrogens (tertiary/aromatic N) is 5. The number of benzene rings is 1. The summed E-state index contributed by atoms with van der Waals surface area (Å²) in [5.41, 5.74) is 14.2. The first-order valence-corrected chi connectivity index (χ1v) is 8.62. The van der Waals surface area contributed by atoms with Crippen molar-refractivity contribution in [3.05, 3.63) is 42.5 Å². The minimum Gasteiger partial charge on any atom is -0.382 e. The van der Waals surface area contributed by atoms with Crippen LogP contribution in [0.5, 0.6) is 0 Å². The van der Waals surface area contributed by atoms with Crippen LogP contribution in [0.2, 0.25) is 0 Å². The fourth-order valence-electron chi connectivity index (χ4n) is 3.23. The number of nitrogens with two attached hydrogens (primary N) is 2. The zero-order valence-corrected chi connectivity index (χ0v) is 14.7. The topological polar surface area (TPSA) is 123 Å². The molecule has 1 aromatic carbocycles. The number of rotatable bonds is 2. The third-order valence-electron chi connectivity index (χ3n) is 4.94. The Morgan fingerprint density at radius 3 is 2.65 bits per heavy atom. The van der Waals surface area contributed by atoms with Crippen LogP contribution < -0.4 is 16.4 Å².